The van der Waals surface area contributed by atoms with E-state index in [-0.39, 0.29) is 11.5 Å². The Labute approximate surface area is 185 Å². The molecule has 5 rings (SSSR count). The van der Waals surface area contributed by atoms with Crippen molar-refractivity contribution in [3.05, 3.63) is 40.3 Å². The molecule has 2 aromatic heterocycles. The van der Waals surface area contributed by atoms with E-state index in [2.05, 4.69) is 32.2 Å². The van der Waals surface area contributed by atoms with E-state index in [1.807, 2.05) is 23.9 Å². The quantitative estimate of drug-likeness (QED) is 0.625. The Kier molecular flexibility index (Phi) is 4.89. The minimum atomic E-state index is -0.452. The Hall–Kier alpha value is -1.93. The molecule has 2 aliphatic rings. The van der Waals surface area contributed by atoms with Crippen molar-refractivity contribution in [1.29, 1.82) is 0 Å². The van der Waals surface area contributed by atoms with Crippen LogP contribution < -0.4 is 5.32 Å². The third-order valence-corrected chi connectivity index (χ3v) is 7.02. The molecular formula is C21H24Cl2N6O. The van der Waals surface area contributed by atoms with E-state index >= 15 is 0 Å². The van der Waals surface area contributed by atoms with Gasteiger partial charge in [-0.1, -0.05) is 23.2 Å². The molecule has 7 nitrogen and oxygen atoms in total. The molecule has 3 aromatic rings. The van der Waals surface area contributed by atoms with Crippen LogP contribution >= 0.6 is 23.2 Å². The van der Waals surface area contributed by atoms with Crippen molar-refractivity contribution in [3.63, 3.8) is 0 Å². The summed E-state index contributed by atoms with van der Waals surface area (Å²) >= 11 is 13.1. The maximum atomic E-state index is 10.6. The van der Waals surface area contributed by atoms with Crippen molar-refractivity contribution in [3.8, 4) is 0 Å². The van der Waals surface area contributed by atoms with Crippen LogP contribution in [0.25, 0.3) is 10.9 Å². The number of hydrogen-bond acceptors (Lipinski definition) is 6. The molecule has 0 amide bonds. The normalized spacial score (nSPS) is 23.6. The zero-order chi connectivity index (χ0) is 21.0. The van der Waals surface area contributed by atoms with Crippen molar-refractivity contribution in [2.24, 2.45) is 0 Å². The van der Waals surface area contributed by atoms with Gasteiger partial charge in [-0.15, -0.1) is 0 Å². The van der Waals surface area contributed by atoms with E-state index in [0.29, 0.717) is 28.4 Å². The van der Waals surface area contributed by atoms with E-state index in [4.69, 9.17) is 23.2 Å². The fraction of sp³-hybridized carbons (Fsp3) is 0.476. The van der Waals surface area contributed by atoms with Crippen LogP contribution in [0, 0.1) is 0 Å². The lowest BCUT2D eigenvalue weighted by atomic mass is 9.87. The highest BCUT2D eigenvalue weighted by Gasteiger charge is 2.42. The first-order chi connectivity index (χ1) is 14.3. The van der Waals surface area contributed by atoms with E-state index in [1.165, 1.54) is 0 Å². The molecule has 9 heteroatoms. The maximum Gasteiger partial charge on any atom is 0.227 e. The third kappa shape index (κ3) is 3.54. The Morgan fingerprint density at radius 3 is 2.77 bits per heavy atom. The molecule has 30 heavy (non-hydrogen) atoms. The number of piperidine rings is 1. The van der Waals surface area contributed by atoms with Crippen LogP contribution in [0.2, 0.25) is 10.2 Å². The van der Waals surface area contributed by atoms with Gasteiger partial charge in [0.25, 0.3) is 0 Å². The summed E-state index contributed by atoms with van der Waals surface area (Å²) in [7, 11) is 2.02. The smallest absolute Gasteiger partial charge is 0.227 e. The number of aliphatic hydroxyl groups is 1. The monoisotopic (exact) mass is 446 g/mol. The fourth-order valence-electron chi connectivity index (χ4n) is 4.17. The molecule has 2 atom stereocenters. The molecule has 2 N–H and O–H groups in total. The van der Waals surface area contributed by atoms with Gasteiger partial charge in [-0.3, -0.25) is 0 Å². The fourth-order valence-corrected chi connectivity index (χ4v) is 4.83. The lowest BCUT2D eigenvalue weighted by molar-refractivity contribution is 0.0639. The number of hydrogen-bond donors (Lipinski definition) is 2. The number of halogens is 2. The van der Waals surface area contributed by atoms with Crippen molar-refractivity contribution in [2.45, 2.75) is 43.7 Å². The van der Waals surface area contributed by atoms with Gasteiger partial charge in [0, 0.05) is 29.1 Å². The molecule has 0 spiro atoms. The number of likely N-dealkylation sites (N-methyl/N-ethyl adjacent to an activating group) is 1. The zero-order valence-corrected chi connectivity index (χ0v) is 18.5. The molecule has 1 aliphatic carbocycles. The van der Waals surface area contributed by atoms with Gasteiger partial charge in [0.1, 0.15) is 0 Å². The SMILES string of the molecule is CN1CC[C@H](c2cc3nc(Nc4cnn(C5(C)CC5)c4Cl)ncc3cc2Cl)[C@@H](O)C1. The average Bonchev–Trinajstić information content (AvgIpc) is 3.34. The van der Waals surface area contributed by atoms with Crippen molar-refractivity contribution < 1.29 is 5.11 Å². The Bertz CT molecular complexity index is 1110. The molecule has 0 radical (unpaired) electrons. The van der Waals surface area contributed by atoms with Crippen LogP contribution in [0.1, 0.15) is 37.7 Å². The summed E-state index contributed by atoms with van der Waals surface area (Å²) in [6.45, 7) is 3.70. The molecule has 0 bridgehead atoms. The first kappa shape index (κ1) is 20.0. The molecule has 1 saturated carbocycles. The second-order valence-electron chi connectivity index (χ2n) is 8.73. The second-order valence-corrected chi connectivity index (χ2v) is 9.50. The van der Waals surface area contributed by atoms with Crippen molar-refractivity contribution >= 4 is 45.7 Å². The Balaban J connectivity index is 1.45. The first-order valence-electron chi connectivity index (χ1n) is 10.2. The number of anilines is 2. The topological polar surface area (TPSA) is 79.1 Å². The molecule has 158 valence electrons. The van der Waals surface area contributed by atoms with Gasteiger partial charge in [-0.25, -0.2) is 14.6 Å². The predicted molar refractivity (Wildman–Crippen MR) is 119 cm³/mol. The van der Waals surface area contributed by atoms with Crippen LogP contribution in [-0.2, 0) is 5.54 Å². The second kappa shape index (κ2) is 7.34. The van der Waals surface area contributed by atoms with Gasteiger partial charge in [0.15, 0.2) is 5.15 Å². The highest BCUT2D eigenvalue weighted by Crippen LogP contribution is 2.45. The molecule has 1 aliphatic heterocycles. The number of benzene rings is 1. The van der Waals surface area contributed by atoms with Gasteiger partial charge in [-0.2, -0.15) is 5.10 Å². The number of nitrogens with zero attached hydrogens (tertiary/aromatic N) is 5. The van der Waals surface area contributed by atoms with Gasteiger partial charge in [0.05, 0.1) is 29.0 Å². The standard InChI is InChI=1S/C21H24Cl2N6O/c1-21(4-5-21)29-19(23)17(10-25-29)27-20-24-9-12-7-15(22)14(8-16(12)26-20)13-3-6-28(2)11-18(13)30/h7-10,13,18,30H,3-6,11H2,1-2H3,(H,24,26,27)/t13-,18+/m1/s1. The lowest BCUT2D eigenvalue weighted by Crippen LogP contribution is -2.40. The van der Waals surface area contributed by atoms with E-state index < -0.39 is 6.10 Å². The van der Waals surface area contributed by atoms with E-state index in [1.54, 1.807) is 12.4 Å². The summed E-state index contributed by atoms with van der Waals surface area (Å²) in [5.41, 5.74) is 2.41. The average molecular weight is 447 g/mol. The lowest BCUT2D eigenvalue weighted by Gasteiger charge is -2.34. The number of aliphatic hydroxyl groups excluding tert-OH is 1. The van der Waals surface area contributed by atoms with Crippen LogP contribution in [0.15, 0.2) is 24.5 Å². The van der Waals surface area contributed by atoms with Crippen molar-refractivity contribution in [2.75, 3.05) is 25.5 Å². The number of fused-ring (bicyclic) bond motifs is 1. The third-order valence-electron chi connectivity index (χ3n) is 6.32. The highest BCUT2D eigenvalue weighted by molar-refractivity contribution is 6.32. The van der Waals surface area contributed by atoms with E-state index in [0.717, 1.165) is 42.3 Å². The number of nitrogens with one attached hydrogen (secondary N) is 1. The van der Waals surface area contributed by atoms with Crippen LogP contribution in [0.5, 0.6) is 0 Å². The molecule has 0 unspecified atom stereocenters. The molecule has 1 aromatic carbocycles. The van der Waals surface area contributed by atoms with E-state index in [9.17, 15) is 5.11 Å². The van der Waals surface area contributed by atoms with Crippen LogP contribution in [0.3, 0.4) is 0 Å². The summed E-state index contributed by atoms with van der Waals surface area (Å²) in [5, 5.41) is 20.2. The largest absolute Gasteiger partial charge is 0.391 e. The number of rotatable bonds is 4. The molecule has 1 saturated heterocycles. The minimum absolute atomic E-state index is 0.00330. The highest BCUT2D eigenvalue weighted by atomic mass is 35.5. The Morgan fingerprint density at radius 1 is 1.23 bits per heavy atom. The van der Waals surface area contributed by atoms with Crippen LogP contribution in [-0.4, -0.2) is 56.0 Å². The Morgan fingerprint density at radius 2 is 2.03 bits per heavy atom. The summed E-state index contributed by atoms with van der Waals surface area (Å²) in [6, 6.07) is 3.85. The molecular weight excluding hydrogens is 423 g/mol. The molecule has 3 heterocycles. The van der Waals surface area contributed by atoms with Crippen molar-refractivity contribution in [1.82, 2.24) is 24.6 Å². The summed E-state index contributed by atoms with van der Waals surface area (Å²) < 4.78 is 1.86. The maximum absolute atomic E-state index is 10.6. The zero-order valence-electron chi connectivity index (χ0n) is 16.9. The van der Waals surface area contributed by atoms with Gasteiger partial charge >= 0.3 is 0 Å². The number of aromatic nitrogens is 4. The number of likely N-dealkylation sites (tertiary alicyclic amines) is 1. The van der Waals surface area contributed by atoms with Gasteiger partial charge < -0.3 is 15.3 Å². The predicted octanol–water partition coefficient (Wildman–Crippen LogP) is 4.17. The summed E-state index contributed by atoms with van der Waals surface area (Å²) in [5.74, 6) is 0.443. The summed E-state index contributed by atoms with van der Waals surface area (Å²) in [4.78, 5) is 11.2. The van der Waals surface area contributed by atoms with Gasteiger partial charge in [-0.05, 0) is 57.5 Å². The minimum Gasteiger partial charge on any atom is -0.391 e. The summed E-state index contributed by atoms with van der Waals surface area (Å²) in [6.07, 6.45) is 6.01. The first-order valence-corrected chi connectivity index (χ1v) is 10.9. The van der Waals surface area contributed by atoms with Crippen LogP contribution in [0.4, 0.5) is 11.6 Å². The number of β-amino-alcohol motifs (C(OH)–C–C–N with tert-alkyl or cyclic N) is 1. The molecule has 2 fully saturated rings. The van der Waals surface area contributed by atoms with Gasteiger partial charge in [0.2, 0.25) is 5.95 Å².